The first kappa shape index (κ1) is 14.3. The van der Waals surface area contributed by atoms with Crippen molar-refractivity contribution in [1.29, 1.82) is 0 Å². The van der Waals surface area contributed by atoms with Crippen LogP contribution >= 0.6 is 0 Å². The molecule has 1 saturated carbocycles. The molecular formula is C16H25FN2. The van der Waals surface area contributed by atoms with Gasteiger partial charge in [0.05, 0.1) is 0 Å². The molecule has 0 spiro atoms. The number of rotatable bonds is 4. The van der Waals surface area contributed by atoms with Gasteiger partial charge in [-0.05, 0) is 43.5 Å². The number of hydrogen-bond donors (Lipinski definition) is 1. The van der Waals surface area contributed by atoms with Gasteiger partial charge in [0.2, 0.25) is 0 Å². The maximum atomic E-state index is 13.3. The van der Waals surface area contributed by atoms with Crippen LogP contribution < -0.4 is 10.6 Å². The molecule has 106 valence electrons. The Morgan fingerprint density at radius 2 is 2.05 bits per heavy atom. The van der Waals surface area contributed by atoms with E-state index < -0.39 is 0 Å². The van der Waals surface area contributed by atoms with Crippen LogP contribution in [0.2, 0.25) is 0 Å². The molecular weight excluding hydrogens is 239 g/mol. The number of benzene rings is 1. The molecule has 1 aliphatic rings. The van der Waals surface area contributed by atoms with Crippen molar-refractivity contribution in [2.75, 3.05) is 25.0 Å². The van der Waals surface area contributed by atoms with Crippen molar-refractivity contribution < 1.29 is 4.39 Å². The molecule has 2 N–H and O–H groups in total. The van der Waals surface area contributed by atoms with Gasteiger partial charge in [-0.25, -0.2) is 4.39 Å². The van der Waals surface area contributed by atoms with Gasteiger partial charge in [-0.15, -0.1) is 0 Å². The van der Waals surface area contributed by atoms with Crippen LogP contribution in [0.4, 0.5) is 10.1 Å². The lowest BCUT2D eigenvalue weighted by molar-refractivity contribution is 0.171. The highest BCUT2D eigenvalue weighted by Crippen LogP contribution is 2.39. The first-order chi connectivity index (χ1) is 9.04. The molecule has 1 aliphatic carbocycles. The molecule has 0 heterocycles. The van der Waals surface area contributed by atoms with Crippen molar-refractivity contribution in [3.8, 4) is 0 Å². The zero-order chi connectivity index (χ0) is 13.9. The fraction of sp³-hybridized carbons (Fsp3) is 0.625. The van der Waals surface area contributed by atoms with E-state index in [1.807, 2.05) is 13.1 Å². The Kier molecular flexibility index (Phi) is 4.46. The van der Waals surface area contributed by atoms with Gasteiger partial charge in [0.25, 0.3) is 0 Å². The lowest BCUT2D eigenvalue weighted by atomic mass is 9.70. The summed E-state index contributed by atoms with van der Waals surface area (Å²) in [4.78, 5) is 2.14. The van der Waals surface area contributed by atoms with Crippen molar-refractivity contribution in [1.82, 2.24) is 0 Å². The first-order valence-corrected chi connectivity index (χ1v) is 7.21. The van der Waals surface area contributed by atoms with Crippen LogP contribution in [0.5, 0.6) is 0 Å². The van der Waals surface area contributed by atoms with Crippen molar-refractivity contribution in [3.63, 3.8) is 0 Å². The van der Waals surface area contributed by atoms with Gasteiger partial charge in [0.15, 0.2) is 0 Å². The molecule has 3 heteroatoms. The maximum absolute atomic E-state index is 13.3. The van der Waals surface area contributed by atoms with Crippen LogP contribution in [-0.4, -0.2) is 20.1 Å². The molecule has 1 aromatic carbocycles. The average Bonchev–Trinajstić information content (AvgIpc) is 2.42. The minimum atomic E-state index is -0.177. The Balaban J connectivity index is 2.06. The van der Waals surface area contributed by atoms with E-state index in [2.05, 4.69) is 11.8 Å². The summed E-state index contributed by atoms with van der Waals surface area (Å²) in [6, 6.07) is 6.80. The Bertz CT molecular complexity index is 411. The van der Waals surface area contributed by atoms with Crippen molar-refractivity contribution >= 4 is 5.69 Å². The summed E-state index contributed by atoms with van der Waals surface area (Å²) in [5, 5.41) is 0. The monoisotopic (exact) mass is 264 g/mol. The standard InChI is InChI=1S/C16H25FN2/c1-13-6-8-16(11-18,9-7-13)12-19(2)15-5-3-4-14(17)10-15/h3-5,10,13H,6-9,11-12,18H2,1-2H3. The zero-order valence-corrected chi connectivity index (χ0v) is 12.0. The van der Waals surface area contributed by atoms with E-state index in [0.29, 0.717) is 0 Å². The predicted octanol–water partition coefficient (Wildman–Crippen LogP) is 3.42. The summed E-state index contributed by atoms with van der Waals surface area (Å²) >= 11 is 0. The van der Waals surface area contributed by atoms with E-state index in [4.69, 9.17) is 5.73 Å². The molecule has 0 amide bonds. The minimum absolute atomic E-state index is 0.177. The van der Waals surface area contributed by atoms with Crippen LogP contribution in [0.15, 0.2) is 24.3 Å². The van der Waals surface area contributed by atoms with Gasteiger partial charge in [0, 0.05) is 24.7 Å². The third-order valence-corrected chi connectivity index (χ3v) is 4.59. The Labute approximate surface area is 115 Å². The van der Waals surface area contributed by atoms with Crippen LogP contribution in [-0.2, 0) is 0 Å². The largest absolute Gasteiger partial charge is 0.374 e. The van der Waals surface area contributed by atoms with Crippen molar-refractivity contribution in [2.45, 2.75) is 32.6 Å². The van der Waals surface area contributed by atoms with E-state index in [9.17, 15) is 4.39 Å². The second kappa shape index (κ2) is 5.91. The van der Waals surface area contributed by atoms with Crippen LogP contribution in [0.25, 0.3) is 0 Å². The highest BCUT2D eigenvalue weighted by Gasteiger charge is 2.34. The van der Waals surface area contributed by atoms with Crippen molar-refractivity contribution in [2.24, 2.45) is 17.1 Å². The molecule has 0 unspecified atom stereocenters. The number of nitrogens with zero attached hydrogens (tertiary/aromatic N) is 1. The summed E-state index contributed by atoms with van der Waals surface area (Å²) in [5.41, 5.74) is 7.18. The second-order valence-electron chi connectivity index (χ2n) is 6.22. The third-order valence-electron chi connectivity index (χ3n) is 4.59. The molecule has 1 fully saturated rings. The fourth-order valence-corrected chi connectivity index (χ4v) is 3.11. The molecule has 0 aliphatic heterocycles. The van der Waals surface area contributed by atoms with Crippen molar-refractivity contribution in [3.05, 3.63) is 30.1 Å². The van der Waals surface area contributed by atoms with E-state index in [1.54, 1.807) is 12.1 Å². The van der Waals surface area contributed by atoms with Gasteiger partial charge in [-0.2, -0.15) is 0 Å². The third kappa shape index (κ3) is 3.47. The lowest BCUT2D eigenvalue weighted by Gasteiger charge is -2.41. The molecule has 0 atom stereocenters. The quantitative estimate of drug-likeness (QED) is 0.903. The van der Waals surface area contributed by atoms with Gasteiger partial charge in [0.1, 0.15) is 5.82 Å². The normalized spacial score (nSPS) is 27.3. The van der Waals surface area contributed by atoms with Gasteiger partial charge >= 0.3 is 0 Å². The Hall–Kier alpha value is -1.09. The molecule has 19 heavy (non-hydrogen) atoms. The molecule has 0 radical (unpaired) electrons. The van der Waals surface area contributed by atoms with Gasteiger partial charge < -0.3 is 10.6 Å². The highest BCUT2D eigenvalue weighted by atomic mass is 19.1. The molecule has 0 aromatic heterocycles. The van der Waals surface area contributed by atoms with Gasteiger partial charge in [-0.1, -0.05) is 25.8 Å². The van der Waals surface area contributed by atoms with Crippen LogP contribution in [0, 0.1) is 17.2 Å². The van der Waals surface area contributed by atoms with E-state index in [1.165, 1.54) is 31.7 Å². The van der Waals surface area contributed by atoms with E-state index in [0.717, 1.165) is 24.7 Å². The maximum Gasteiger partial charge on any atom is 0.125 e. The molecule has 2 nitrogen and oxygen atoms in total. The number of nitrogens with two attached hydrogens (primary N) is 1. The topological polar surface area (TPSA) is 29.3 Å². The molecule has 0 bridgehead atoms. The summed E-state index contributed by atoms with van der Waals surface area (Å²) < 4.78 is 13.3. The highest BCUT2D eigenvalue weighted by molar-refractivity contribution is 5.45. The first-order valence-electron chi connectivity index (χ1n) is 7.21. The van der Waals surface area contributed by atoms with E-state index >= 15 is 0 Å². The van der Waals surface area contributed by atoms with Gasteiger partial charge in [-0.3, -0.25) is 0 Å². The smallest absolute Gasteiger partial charge is 0.125 e. The fourth-order valence-electron chi connectivity index (χ4n) is 3.11. The minimum Gasteiger partial charge on any atom is -0.374 e. The van der Waals surface area contributed by atoms with E-state index in [-0.39, 0.29) is 11.2 Å². The lowest BCUT2D eigenvalue weighted by Crippen LogP contribution is -2.43. The summed E-state index contributed by atoms with van der Waals surface area (Å²) in [6.45, 7) is 3.95. The molecule has 0 saturated heterocycles. The number of hydrogen-bond acceptors (Lipinski definition) is 2. The molecule has 2 rings (SSSR count). The second-order valence-corrected chi connectivity index (χ2v) is 6.22. The zero-order valence-electron chi connectivity index (χ0n) is 12.0. The summed E-state index contributed by atoms with van der Waals surface area (Å²) in [6.07, 6.45) is 4.89. The van der Waals surface area contributed by atoms with Crippen LogP contribution in [0.1, 0.15) is 32.6 Å². The summed E-state index contributed by atoms with van der Waals surface area (Å²) in [7, 11) is 2.03. The van der Waals surface area contributed by atoms with Crippen LogP contribution in [0.3, 0.4) is 0 Å². The number of anilines is 1. The average molecular weight is 264 g/mol. The Morgan fingerprint density at radius 3 is 2.63 bits per heavy atom. The SMILES string of the molecule is CC1CCC(CN)(CN(C)c2cccc(F)c2)CC1. The molecule has 1 aromatic rings. The number of halogens is 1. The Morgan fingerprint density at radius 1 is 1.37 bits per heavy atom. The predicted molar refractivity (Wildman–Crippen MR) is 78.8 cm³/mol. The summed E-state index contributed by atoms with van der Waals surface area (Å²) in [5.74, 6) is 0.641.